The van der Waals surface area contributed by atoms with E-state index in [1.54, 1.807) is 0 Å². The van der Waals surface area contributed by atoms with E-state index in [9.17, 15) is 9.90 Å². The van der Waals surface area contributed by atoms with Gasteiger partial charge in [0.25, 0.3) is 0 Å². The molecule has 0 aromatic heterocycles. The van der Waals surface area contributed by atoms with Crippen LogP contribution in [0.5, 0.6) is 0 Å². The maximum Gasteiger partial charge on any atom is 0.631 e. The summed E-state index contributed by atoms with van der Waals surface area (Å²) < 4.78 is 11.4. The summed E-state index contributed by atoms with van der Waals surface area (Å²) in [5.41, 5.74) is 0.803. The Bertz CT molecular complexity index is 596. The summed E-state index contributed by atoms with van der Waals surface area (Å²) in [7, 11) is -0.0383. The van der Waals surface area contributed by atoms with Crippen molar-refractivity contribution >= 4 is 13.3 Å². The Morgan fingerprint density at radius 2 is 1.77 bits per heavy atom. The van der Waals surface area contributed by atoms with Gasteiger partial charge in [0.2, 0.25) is 0 Å². The molecule has 142 valence electrons. The molecule has 4 rings (SSSR count). The number of rotatable bonds is 4. The lowest BCUT2D eigenvalue weighted by Gasteiger charge is -2.38. The normalized spacial score (nSPS) is 32.7. The maximum atomic E-state index is 12.4. The first-order valence-corrected chi connectivity index (χ1v) is 8.70. The first-order chi connectivity index (χ1) is 12.4. The Labute approximate surface area is 152 Å². The average Bonchev–Trinajstić information content (AvgIpc) is 3.34. The number of aliphatic hydroxyl groups excluding tert-OH is 1. The van der Waals surface area contributed by atoms with Crippen LogP contribution in [0.2, 0.25) is 0 Å². The third-order valence-electron chi connectivity index (χ3n) is 5.33. The number of hydrogen-bond acceptors (Lipinski definition) is 8. The summed E-state index contributed by atoms with van der Waals surface area (Å²) in [5, 5.41) is 31.1. The molecule has 0 aliphatic carbocycles. The molecule has 3 saturated heterocycles. The van der Waals surface area contributed by atoms with E-state index in [0.717, 1.165) is 18.4 Å². The van der Waals surface area contributed by atoms with Crippen LogP contribution in [0.4, 0.5) is 0 Å². The van der Waals surface area contributed by atoms with Gasteiger partial charge in [0.1, 0.15) is 24.2 Å². The number of morpholine rings is 1. The smallest absolute Gasteiger partial charge is 0.462 e. The molecule has 4 N–H and O–H groups in total. The van der Waals surface area contributed by atoms with Crippen molar-refractivity contribution in [3.8, 4) is 0 Å². The minimum absolute atomic E-state index is 0.0622. The summed E-state index contributed by atoms with van der Waals surface area (Å²) in [5.74, 6) is -0.915. The van der Waals surface area contributed by atoms with E-state index in [4.69, 9.17) is 24.5 Å². The molecule has 3 heterocycles. The highest BCUT2D eigenvalue weighted by Crippen LogP contribution is 2.48. The molecular formula is C17H24BNO7. The summed E-state index contributed by atoms with van der Waals surface area (Å²) >= 11 is 0. The highest BCUT2D eigenvalue weighted by atomic mass is 16.6. The molecule has 3 aliphatic rings. The number of esters is 1. The quantitative estimate of drug-likeness (QED) is 0.300. The van der Waals surface area contributed by atoms with Gasteiger partial charge in [-0.2, -0.15) is 0 Å². The second kappa shape index (κ2) is 8.04. The van der Waals surface area contributed by atoms with Crippen molar-refractivity contribution in [2.24, 2.45) is 0 Å². The molecule has 2 bridgehead atoms. The highest BCUT2D eigenvalue weighted by molar-refractivity contribution is 6.30. The van der Waals surface area contributed by atoms with Crippen molar-refractivity contribution in [2.45, 2.75) is 49.2 Å². The number of aliphatic hydroxyl groups is 1. The van der Waals surface area contributed by atoms with Crippen LogP contribution in [0, 0.1) is 0 Å². The summed E-state index contributed by atoms with van der Waals surface area (Å²) in [4.78, 5) is 14.8. The van der Waals surface area contributed by atoms with E-state index in [1.807, 2.05) is 30.3 Å². The van der Waals surface area contributed by atoms with E-state index >= 15 is 0 Å². The van der Waals surface area contributed by atoms with Gasteiger partial charge in [0, 0.05) is 24.9 Å². The number of ether oxygens (including phenoxy) is 2. The van der Waals surface area contributed by atoms with Crippen LogP contribution in [0.25, 0.3) is 0 Å². The summed E-state index contributed by atoms with van der Waals surface area (Å²) in [6.07, 6.45) is 2.26. The van der Waals surface area contributed by atoms with E-state index in [0.29, 0.717) is 24.3 Å². The SMILES string of the molecule is CN1[C@@H]2C[C@@H](OC(=O)[C@H](CO)c3ccccc3)C[C@H]1[C@@H]1O[C@@H]12.OB(O)O. The molecule has 6 atom stereocenters. The zero-order valence-electron chi connectivity index (χ0n) is 14.5. The lowest BCUT2D eigenvalue weighted by Crippen LogP contribution is -2.48. The van der Waals surface area contributed by atoms with E-state index < -0.39 is 13.2 Å². The third kappa shape index (κ3) is 4.08. The maximum absolute atomic E-state index is 12.4. The monoisotopic (exact) mass is 365 g/mol. The van der Waals surface area contributed by atoms with Crippen molar-refractivity contribution < 1.29 is 34.4 Å². The number of piperidine rings is 1. The molecule has 0 saturated carbocycles. The molecular weight excluding hydrogens is 341 g/mol. The molecule has 26 heavy (non-hydrogen) atoms. The van der Waals surface area contributed by atoms with Crippen molar-refractivity contribution in [1.29, 1.82) is 0 Å². The molecule has 0 spiro atoms. The van der Waals surface area contributed by atoms with E-state index in [2.05, 4.69) is 11.9 Å². The lowest BCUT2D eigenvalue weighted by atomic mass is 9.97. The van der Waals surface area contributed by atoms with Gasteiger partial charge in [0.15, 0.2) is 0 Å². The van der Waals surface area contributed by atoms with Crippen LogP contribution in [-0.4, -0.2) is 82.4 Å². The van der Waals surface area contributed by atoms with Gasteiger partial charge in [0.05, 0.1) is 6.61 Å². The first kappa shape index (κ1) is 19.3. The van der Waals surface area contributed by atoms with Crippen molar-refractivity contribution in [3.63, 3.8) is 0 Å². The van der Waals surface area contributed by atoms with Gasteiger partial charge in [-0.3, -0.25) is 9.69 Å². The molecule has 3 aliphatic heterocycles. The number of fused-ring (bicyclic) bond motifs is 5. The molecule has 3 fully saturated rings. The Kier molecular flexibility index (Phi) is 5.96. The largest absolute Gasteiger partial charge is 0.631 e. The van der Waals surface area contributed by atoms with Crippen LogP contribution in [0.15, 0.2) is 30.3 Å². The summed E-state index contributed by atoms with van der Waals surface area (Å²) in [6.45, 7) is -0.226. The van der Waals surface area contributed by atoms with Gasteiger partial charge < -0.3 is 29.7 Å². The van der Waals surface area contributed by atoms with Crippen LogP contribution < -0.4 is 0 Å². The fraction of sp³-hybridized carbons (Fsp3) is 0.588. The minimum Gasteiger partial charge on any atom is -0.462 e. The lowest BCUT2D eigenvalue weighted by molar-refractivity contribution is -0.156. The fourth-order valence-corrected chi connectivity index (χ4v) is 4.04. The average molecular weight is 365 g/mol. The Morgan fingerprint density at radius 1 is 1.23 bits per heavy atom. The topological polar surface area (TPSA) is 123 Å². The predicted octanol–water partition coefficient (Wildman–Crippen LogP) is -1.13. The second-order valence-corrected chi connectivity index (χ2v) is 6.89. The zero-order chi connectivity index (χ0) is 18.8. The van der Waals surface area contributed by atoms with E-state index in [-0.39, 0.29) is 18.7 Å². The van der Waals surface area contributed by atoms with Gasteiger partial charge in [-0.1, -0.05) is 30.3 Å². The van der Waals surface area contributed by atoms with Crippen LogP contribution in [-0.2, 0) is 14.3 Å². The minimum atomic E-state index is -2.17. The Hall–Kier alpha value is -1.49. The van der Waals surface area contributed by atoms with Gasteiger partial charge in [-0.15, -0.1) is 0 Å². The van der Waals surface area contributed by atoms with Gasteiger partial charge >= 0.3 is 13.3 Å². The predicted molar refractivity (Wildman–Crippen MR) is 91.8 cm³/mol. The fourth-order valence-electron chi connectivity index (χ4n) is 4.04. The number of benzene rings is 1. The Balaban J connectivity index is 0.000000447. The van der Waals surface area contributed by atoms with Crippen molar-refractivity contribution in [1.82, 2.24) is 4.90 Å². The molecule has 0 amide bonds. The van der Waals surface area contributed by atoms with Crippen LogP contribution >= 0.6 is 0 Å². The number of carbonyl (C=O) groups excluding carboxylic acids is 1. The van der Waals surface area contributed by atoms with Gasteiger partial charge in [-0.25, -0.2) is 0 Å². The second-order valence-electron chi connectivity index (χ2n) is 6.89. The molecule has 1 aromatic carbocycles. The van der Waals surface area contributed by atoms with E-state index in [1.165, 1.54) is 0 Å². The summed E-state index contributed by atoms with van der Waals surface area (Å²) in [6, 6.07) is 10.1. The van der Waals surface area contributed by atoms with Crippen molar-refractivity contribution in [3.05, 3.63) is 35.9 Å². The van der Waals surface area contributed by atoms with Crippen molar-refractivity contribution in [2.75, 3.05) is 13.7 Å². The number of carbonyl (C=O) groups is 1. The Morgan fingerprint density at radius 3 is 2.27 bits per heavy atom. The molecule has 0 radical (unpaired) electrons. The molecule has 9 heteroatoms. The highest BCUT2D eigenvalue weighted by Gasteiger charge is 2.62. The first-order valence-electron chi connectivity index (χ1n) is 8.70. The number of likely N-dealkylation sites (N-methyl/N-ethyl adjacent to an activating group) is 1. The zero-order valence-corrected chi connectivity index (χ0v) is 14.5. The molecule has 8 nitrogen and oxygen atoms in total. The number of nitrogens with zero attached hydrogens (tertiary/aromatic N) is 1. The molecule has 0 unspecified atom stereocenters. The standard InChI is InChI=1S/C17H21NO4.BH3O3/c1-18-13-7-11(8-14(18)16-15(13)22-16)21-17(20)12(9-19)10-5-3-2-4-6-10;2-1(3)4/h2-6,11-16,19H,7-9H2,1H3;2-4H/t11-,12-,13-,14+,15-,16+;/m1./s1. The number of hydrogen-bond donors (Lipinski definition) is 4. The van der Waals surface area contributed by atoms with Crippen LogP contribution in [0.1, 0.15) is 24.3 Å². The van der Waals surface area contributed by atoms with Crippen LogP contribution in [0.3, 0.4) is 0 Å². The van der Waals surface area contributed by atoms with Gasteiger partial charge in [-0.05, 0) is 12.6 Å². The number of epoxide rings is 1. The third-order valence-corrected chi connectivity index (χ3v) is 5.33. The molecule has 1 aromatic rings.